The number of ether oxygens (including phenoxy) is 3. The second-order valence-electron chi connectivity index (χ2n) is 6.50. The minimum Gasteiger partial charge on any atom is -0.492 e. The zero-order valence-corrected chi connectivity index (χ0v) is 15.5. The summed E-state index contributed by atoms with van der Waals surface area (Å²) in [5.41, 5.74) is 0.661. The van der Waals surface area contributed by atoms with Gasteiger partial charge in [-0.2, -0.15) is 0 Å². The molecule has 0 amide bonds. The summed E-state index contributed by atoms with van der Waals surface area (Å²) in [4.78, 5) is 30.0. The third-order valence-corrected chi connectivity index (χ3v) is 4.40. The second kappa shape index (κ2) is 8.85. The van der Waals surface area contributed by atoms with Gasteiger partial charge >= 0.3 is 17.8 Å². The van der Waals surface area contributed by atoms with Crippen LogP contribution >= 0.6 is 0 Å². The molecule has 0 atom stereocenters. The van der Waals surface area contributed by atoms with Gasteiger partial charge in [0, 0.05) is 24.8 Å². The summed E-state index contributed by atoms with van der Waals surface area (Å²) in [6, 6.07) is 1.83. The number of anilines is 1. The van der Waals surface area contributed by atoms with Gasteiger partial charge in [0.25, 0.3) is 0 Å². The Bertz CT molecular complexity index is 686. The average Bonchev–Trinajstić information content (AvgIpc) is 2.94. The molecule has 1 saturated heterocycles. The molecule has 1 aromatic rings. The highest BCUT2D eigenvalue weighted by atomic mass is 16.8. The highest BCUT2D eigenvalue weighted by Gasteiger charge is 2.47. The standard InChI is InChI=1S/C19H25N3O5/c1-2-3-4-10-25-16-11-15(12-21-13-16)22-9-5-8-20-14-19(22)26-17(23)6-7-18(24)27-19/h6-7,11-13,20H,2-5,8-10,14H2,1H3. The van der Waals surface area contributed by atoms with Crippen molar-refractivity contribution in [3.8, 4) is 5.75 Å². The van der Waals surface area contributed by atoms with E-state index in [4.69, 9.17) is 14.2 Å². The van der Waals surface area contributed by atoms with Gasteiger partial charge in [-0.15, -0.1) is 0 Å². The molecule has 8 heteroatoms. The van der Waals surface area contributed by atoms with Gasteiger partial charge < -0.3 is 19.5 Å². The average molecular weight is 375 g/mol. The first-order chi connectivity index (χ1) is 13.1. The number of nitrogens with zero attached hydrogens (tertiary/aromatic N) is 2. The largest absolute Gasteiger partial charge is 0.492 e. The fourth-order valence-corrected chi connectivity index (χ4v) is 3.10. The first-order valence-corrected chi connectivity index (χ1v) is 9.33. The Labute approximate surface area is 158 Å². The van der Waals surface area contributed by atoms with Crippen LogP contribution in [0.3, 0.4) is 0 Å². The number of hydrogen-bond acceptors (Lipinski definition) is 8. The van der Waals surface area contributed by atoms with Gasteiger partial charge in [-0.05, 0) is 19.4 Å². The highest BCUT2D eigenvalue weighted by Crippen LogP contribution is 2.31. The summed E-state index contributed by atoms with van der Waals surface area (Å²) in [5, 5.41) is 3.16. The van der Waals surface area contributed by atoms with Gasteiger partial charge in [-0.25, -0.2) is 9.59 Å². The van der Waals surface area contributed by atoms with E-state index in [-0.39, 0.29) is 6.54 Å². The van der Waals surface area contributed by atoms with Crippen molar-refractivity contribution < 1.29 is 23.8 Å². The molecule has 0 aliphatic carbocycles. The van der Waals surface area contributed by atoms with Gasteiger partial charge in [0.15, 0.2) is 0 Å². The molecule has 1 aromatic heterocycles. The highest BCUT2D eigenvalue weighted by molar-refractivity contribution is 5.93. The third-order valence-electron chi connectivity index (χ3n) is 4.40. The maximum atomic E-state index is 12.0. The lowest BCUT2D eigenvalue weighted by molar-refractivity contribution is -0.217. The lowest BCUT2D eigenvalue weighted by Gasteiger charge is -2.40. The number of aromatic nitrogens is 1. The molecule has 1 spiro atoms. The summed E-state index contributed by atoms with van der Waals surface area (Å²) in [6.07, 6.45) is 9.42. The maximum Gasteiger partial charge on any atom is 0.356 e. The van der Waals surface area contributed by atoms with Crippen molar-refractivity contribution in [3.63, 3.8) is 0 Å². The Kier molecular flexibility index (Phi) is 6.28. The van der Waals surface area contributed by atoms with Crippen LogP contribution in [0, 0.1) is 0 Å². The molecule has 0 aromatic carbocycles. The Morgan fingerprint density at radius 2 is 2.00 bits per heavy atom. The maximum absolute atomic E-state index is 12.0. The minimum atomic E-state index is -1.56. The van der Waals surface area contributed by atoms with Crippen molar-refractivity contribution in [1.82, 2.24) is 10.3 Å². The fourth-order valence-electron chi connectivity index (χ4n) is 3.10. The van der Waals surface area contributed by atoms with Crippen LogP contribution in [0.4, 0.5) is 5.69 Å². The zero-order valence-electron chi connectivity index (χ0n) is 15.5. The van der Waals surface area contributed by atoms with Crippen molar-refractivity contribution in [2.75, 3.05) is 31.1 Å². The molecule has 2 aliphatic rings. The fraction of sp³-hybridized carbons (Fsp3) is 0.526. The summed E-state index contributed by atoms with van der Waals surface area (Å²) in [7, 11) is 0. The Morgan fingerprint density at radius 1 is 1.22 bits per heavy atom. The monoisotopic (exact) mass is 375 g/mol. The Balaban J connectivity index is 1.85. The van der Waals surface area contributed by atoms with Gasteiger partial charge in [-0.3, -0.25) is 9.88 Å². The van der Waals surface area contributed by atoms with E-state index in [1.807, 2.05) is 6.07 Å². The molecule has 3 heterocycles. The topological polar surface area (TPSA) is 90.0 Å². The van der Waals surface area contributed by atoms with Crippen LogP contribution in [-0.2, 0) is 19.1 Å². The number of carbonyl (C=O) groups is 2. The summed E-state index contributed by atoms with van der Waals surface area (Å²) in [5.74, 6) is -2.19. The lowest BCUT2D eigenvalue weighted by atomic mass is 10.2. The number of rotatable bonds is 6. The number of hydrogen-bond donors (Lipinski definition) is 1. The van der Waals surface area contributed by atoms with Gasteiger partial charge in [-0.1, -0.05) is 19.8 Å². The first kappa shape index (κ1) is 19.2. The van der Waals surface area contributed by atoms with Gasteiger partial charge in [0.1, 0.15) is 5.75 Å². The zero-order chi connectivity index (χ0) is 19.1. The molecule has 0 bridgehead atoms. The van der Waals surface area contributed by atoms with Crippen molar-refractivity contribution in [3.05, 3.63) is 30.6 Å². The molecular weight excluding hydrogens is 350 g/mol. The lowest BCUT2D eigenvalue weighted by Crippen LogP contribution is -2.58. The Morgan fingerprint density at radius 3 is 2.74 bits per heavy atom. The second-order valence-corrected chi connectivity index (χ2v) is 6.50. The smallest absolute Gasteiger partial charge is 0.356 e. The summed E-state index contributed by atoms with van der Waals surface area (Å²) in [6.45, 7) is 4.14. The van der Waals surface area contributed by atoms with Crippen molar-refractivity contribution >= 4 is 17.6 Å². The third kappa shape index (κ3) is 4.77. The van der Waals surface area contributed by atoms with E-state index >= 15 is 0 Å². The molecule has 27 heavy (non-hydrogen) atoms. The number of unbranched alkanes of at least 4 members (excludes halogenated alkanes) is 2. The molecule has 0 saturated carbocycles. The number of carbonyl (C=O) groups excluding carboxylic acids is 2. The molecule has 1 fully saturated rings. The SMILES string of the molecule is CCCCCOc1cncc(N2CCCNCC23OC(=O)C=CC(=O)O3)c1. The molecular formula is C19H25N3O5. The molecule has 146 valence electrons. The number of nitrogens with one attached hydrogen (secondary N) is 1. The predicted molar refractivity (Wildman–Crippen MR) is 98.1 cm³/mol. The van der Waals surface area contributed by atoms with E-state index in [1.165, 1.54) is 0 Å². The van der Waals surface area contributed by atoms with Gasteiger partial charge in [0.05, 0.1) is 31.2 Å². The van der Waals surface area contributed by atoms with Crippen LogP contribution in [0.15, 0.2) is 30.6 Å². The summed E-state index contributed by atoms with van der Waals surface area (Å²) >= 11 is 0. The number of esters is 2. The molecule has 1 N–H and O–H groups in total. The predicted octanol–water partition coefficient (Wildman–Crippen LogP) is 1.76. The van der Waals surface area contributed by atoms with E-state index in [1.54, 1.807) is 17.3 Å². The number of pyridine rings is 1. The molecule has 0 radical (unpaired) electrons. The first-order valence-electron chi connectivity index (χ1n) is 9.33. The molecule has 8 nitrogen and oxygen atoms in total. The van der Waals surface area contributed by atoms with Gasteiger partial charge in [0.2, 0.25) is 0 Å². The van der Waals surface area contributed by atoms with Crippen LogP contribution in [0.1, 0.15) is 32.6 Å². The van der Waals surface area contributed by atoms with E-state index in [0.717, 1.165) is 37.8 Å². The van der Waals surface area contributed by atoms with Crippen LogP contribution in [-0.4, -0.2) is 49.1 Å². The van der Waals surface area contributed by atoms with E-state index < -0.39 is 17.8 Å². The summed E-state index contributed by atoms with van der Waals surface area (Å²) < 4.78 is 16.9. The van der Waals surface area contributed by atoms with Crippen LogP contribution in [0.2, 0.25) is 0 Å². The van der Waals surface area contributed by atoms with E-state index in [2.05, 4.69) is 17.2 Å². The normalized spacial score (nSPS) is 19.2. The van der Waals surface area contributed by atoms with E-state index in [9.17, 15) is 9.59 Å². The van der Waals surface area contributed by atoms with Crippen LogP contribution < -0.4 is 15.0 Å². The van der Waals surface area contributed by atoms with Crippen LogP contribution in [0.25, 0.3) is 0 Å². The Hall–Kier alpha value is -2.61. The van der Waals surface area contributed by atoms with Crippen LogP contribution in [0.5, 0.6) is 5.75 Å². The quantitative estimate of drug-likeness (QED) is 0.594. The van der Waals surface area contributed by atoms with Crippen molar-refractivity contribution in [2.45, 2.75) is 38.5 Å². The minimum absolute atomic E-state index is 0.160. The van der Waals surface area contributed by atoms with Crippen molar-refractivity contribution in [2.24, 2.45) is 0 Å². The van der Waals surface area contributed by atoms with E-state index in [0.29, 0.717) is 31.1 Å². The molecule has 3 rings (SSSR count). The van der Waals surface area contributed by atoms with Crippen molar-refractivity contribution in [1.29, 1.82) is 0 Å². The molecule has 0 unspecified atom stereocenters. The molecule has 2 aliphatic heterocycles.